The molecular weight excluding hydrogens is 222 g/mol. The molecule has 0 spiro atoms. The molecule has 18 heavy (non-hydrogen) atoms. The number of hydrogen-bond acceptors (Lipinski definition) is 3. The Labute approximate surface area is 114 Å². The van der Waals surface area contributed by atoms with Gasteiger partial charge in [-0.1, -0.05) is 26.7 Å². The summed E-state index contributed by atoms with van der Waals surface area (Å²) in [6.07, 6.45) is 7.65. The summed E-state index contributed by atoms with van der Waals surface area (Å²) >= 11 is 0. The van der Waals surface area contributed by atoms with Gasteiger partial charge in [0.2, 0.25) is 0 Å². The Morgan fingerprint density at radius 1 is 1.39 bits per heavy atom. The van der Waals surface area contributed by atoms with Crippen LogP contribution in [0, 0.1) is 0 Å². The van der Waals surface area contributed by atoms with Crippen molar-refractivity contribution in [3.8, 4) is 0 Å². The molecule has 3 nitrogen and oxygen atoms in total. The van der Waals surface area contributed by atoms with Crippen LogP contribution in [0.5, 0.6) is 0 Å². The van der Waals surface area contributed by atoms with Crippen LogP contribution in [0.3, 0.4) is 0 Å². The van der Waals surface area contributed by atoms with Gasteiger partial charge in [-0.15, -0.1) is 0 Å². The molecule has 0 radical (unpaired) electrons. The number of nitrogens with zero attached hydrogens (tertiary/aromatic N) is 2. The number of rotatable bonds is 8. The minimum absolute atomic E-state index is 0.222. The van der Waals surface area contributed by atoms with Gasteiger partial charge in [0.1, 0.15) is 0 Å². The largest absolute Gasteiger partial charge is 0.329 e. The molecule has 0 aromatic rings. The van der Waals surface area contributed by atoms with Gasteiger partial charge in [-0.05, 0) is 46.3 Å². The Hall–Kier alpha value is -0.120. The number of nitrogens with two attached hydrogens (primary N) is 1. The SMILES string of the molecule is CCCCC(CC)(CN)N(C)CC1CCCN1C. The second-order valence-electron chi connectivity index (χ2n) is 6.04. The van der Waals surface area contributed by atoms with E-state index in [2.05, 4.69) is 37.7 Å². The number of likely N-dealkylation sites (N-methyl/N-ethyl adjacent to an activating group) is 2. The zero-order chi connectivity index (χ0) is 13.6. The molecule has 0 amide bonds. The molecule has 0 aliphatic carbocycles. The highest BCUT2D eigenvalue weighted by molar-refractivity contribution is 4.92. The van der Waals surface area contributed by atoms with E-state index in [0.717, 1.165) is 19.0 Å². The second kappa shape index (κ2) is 7.46. The average molecular weight is 255 g/mol. The van der Waals surface area contributed by atoms with E-state index in [9.17, 15) is 0 Å². The zero-order valence-corrected chi connectivity index (χ0v) is 12.9. The Morgan fingerprint density at radius 3 is 2.56 bits per heavy atom. The van der Waals surface area contributed by atoms with E-state index in [0.29, 0.717) is 0 Å². The minimum Gasteiger partial charge on any atom is -0.329 e. The molecule has 1 aliphatic heterocycles. The van der Waals surface area contributed by atoms with Crippen molar-refractivity contribution in [3.63, 3.8) is 0 Å². The summed E-state index contributed by atoms with van der Waals surface area (Å²) in [7, 11) is 4.53. The predicted octanol–water partition coefficient (Wildman–Crippen LogP) is 2.31. The first kappa shape index (κ1) is 15.9. The smallest absolute Gasteiger partial charge is 0.0326 e. The molecule has 1 fully saturated rings. The molecule has 1 rings (SSSR count). The summed E-state index contributed by atoms with van der Waals surface area (Å²) in [5.74, 6) is 0. The molecule has 3 heteroatoms. The van der Waals surface area contributed by atoms with E-state index in [4.69, 9.17) is 5.73 Å². The standard InChI is InChI=1S/C15H33N3/c1-5-7-10-15(6-2,13-16)18(4)12-14-9-8-11-17(14)3/h14H,5-13,16H2,1-4H3. The molecule has 2 N–H and O–H groups in total. The Balaban J connectivity index is 2.60. The van der Waals surface area contributed by atoms with Gasteiger partial charge >= 0.3 is 0 Å². The normalized spacial score (nSPS) is 24.7. The molecule has 1 saturated heterocycles. The third-order valence-corrected chi connectivity index (χ3v) is 5.00. The van der Waals surface area contributed by atoms with Gasteiger partial charge in [-0.3, -0.25) is 4.90 Å². The van der Waals surface area contributed by atoms with Crippen molar-refractivity contribution in [1.82, 2.24) is 9.80 Å². The summed E-state index contributed by atoms with van der Waals surface area (Å²) in [4.78, 5) is 5.06. The van der Waals surface area contributed by atoms with E-state index in [1.165, 1.54) is 45.2 Å². The highest BCUT2D eigenvalue weighted by Gasteiger charge is 2.33. The fourth-order valence-electron chi connectivity index (χ4n) is 3.27. The Kier molecular flexibility index (Phi) is 6.61. The zero-order valence-electron chi connectivity index (χ0n) is 12.9. The Bertz CT molecular complexity index is 226. The molecule has 0 saturated carbocycles. The summed E-state index contributed by atoms with van der Waals surface area (Å²) in [6, 6.07) is 0.731. The molecule has 2 unspecified atom stereocenters. The quantitative estimate of drug-likeness (QED) is 0.722. The first-order valence-corrected chi connectivity index (χ1v) is 7.71. The van der Waals surface area contributed by atoms with Crippen molar-refractivity contribution in [3.05, 3.63) is 0 Å². The molecule has 108 valence electrons. The highest BCUT2D eigenvalue weighted by atomic mass is 15.2. The maximum atomic E-state index is 6.11. The topological polar surface area (TPSA) is 32.5 Å². The molecule has 0 aromatic heterocycles. The fourth-order valence-corrected chi connectivity index (χ4v) is 3.27. The van der Waals surface area contributed by atoms with Gasteiger partial charge in [0, 0.05) is 24.7 Å². The summed E-state index contributed by atoms with van der Waals surface area (Å²) < 4.78 is 0. The number of hydrogen-bond donors (Lipinski definition) is 1. The first-order valence-electron chi connectivity index (χ1n) is 7.71. The summed E-state index contributed by atoms with van der Waals surface area (Å²) in [5, 5.41) is 0. The van der Waals surface area contributed by atoms with Crippen molar-refractivity contribution in [2.45, 2.75) is 64.0 Å². The lowest BCUT2D eigenvalue weighted by Crippen LogP contribution is -2.54. The maximum Gasteiger partial charge on any atom is 0.0326 e. The highest BCUT2D eigenvalue weighted by Crippen LogP contribution is 2.26. The van der Waals surface area contributed by atoms with Crippen LogP contribution in [0.25, 0.3) is 0 Å². The maximum absolute atomic E-state index is 6.11. The van der Waals surface area contributed by atoms with Gasteiger partial charge in [0.25, 0.3) is 0 Å². The van der Waals surface area contributed by atoms with E-state index >= 15 is 0 Å². The van der Waals surface area contributed by atoms with E-state index < -0.39 is 0 Å². The van der Waals surface area contributed by atoms with Crippen LogP contribution in [-0.2, 0) is 0 Å². The van der Waals surface area contributed by atoms with Crippen molar-refractivity contribution >= 4 is 0 Å². The van der Waals surface area contributed by atoms with Gasteiger partial charge in [-0.25, -0.2) is 0 Å². The van der Waals surface area contributed by atoms with Crippen molar-refractivity contribution in [2.75, 3.05) is 33.7 Å². The molecule has 0 bridgehead atoms. The molecular formula is C15H33N3. The third kappa shape index (κ3) is 3.69. The summed E-state index contributed by atoms with van der Waals surface area (Å²) in [5.41, 5.74) is 6.34. The average Bonchev–Trinajstić information content (AvgIpc) is 2.77. The summed E-state index contributed by atoms with van der Waals surface area (Å²) in [6.45, 7) is 7.77. The molecule has 1 aliphatic rings. The van der Waals surface area contributed by atoms with Crippen LogP contribution >= 0.6 is 0 Å². The fraction of sp³-hybridized carbons (Fsp3) is 1.00. The number of likely N-dealkylation sites (tertiary alicyclic amines) is 1. The molecule has 0 aromatic carbocycles. The van der Waals surface area contributed by atoms with Crippen molar-refractivity contribution in [2.24, 2.45) is 5.73 Å². The van der Waals surface area contributed by atoms with Crippen LogP contribution in [0.15, 0.2) is 0 Å². The monoisotopic (exact) mass is 255 g/mol. The van der Waals surface area contributed by atoms with Crippen LogP contribution < -0.4 is 5.73 Å². The van der Waals surface area contributed by atoms with Crippen LogP contribution in [0.1, 0.15) is 52.4 Å². The van der Waals surface area contributed by atoms with Gasteiger partial charge < -0.3 is 10.6 Å². The van der Waals surface area contributed by atoms with Gasteiger partial charge in [0.05, 0.1) is 0 Å². The minimum atomic E-state index is 0.222. The van der Waals surface area contributed by atoms with E-state index in [1.54, 1.807) is 0 Å². The van der Waals surface area contributed by atoms with Gasteiger partial charge in [-0.2, -0.15) is 0 Å². The second-order valence-corrected chi connectivity index (χ2v) is 6.04. The van der Waals surface area contributed by atoms with Crippen LogP contribution in [0.2, 0.25) is 0 Å². The molecule has 2 atom stereocenters. The first-order chi connectivity index (χ1) is 8.59. The Morgan fingerprint density at radius 2 is 2.11 bits per heavy atom. The van der Waals surface area contributed by atoms with E-state index in [1.807, 2.05) is 0 Å². The van der Waals surface area contributed by atoms with E-state index in [-0.39, 0.29) is 5.54 Å². The van der Waals surface area contributed by atoms with Gasteiger partial charge in [0.15, 0.2) is 0 Å². The van der Waals surface area contributed by atoms with Crippen molar-refractivity contribution in [1.29, 1.82) is 0 Å². The van der Waals surface area contributed by atoms with Crippen LogP contribution in [0.4, 0.5) is 0 Å². The number of unbranched alkanes of at least 4 members (excludes halogenated alkanes) is 1. The third-order valence-electron chi connectivity index (χ3n) is 5.00. The van der Waals surface area contributed by atoms with Crippen LogP contribution in [-0.4, -0.2) is 55.1 Å². The molecule has 1 heterocycles. The lowest BCUT2D eigenvalue weighted by Gasteiger charge is -2.43. The predicted molar refractivity (Wildman–Crippen MR) is 79.9 cm³/mol. The van der Waals surface area contributed by atoms with Crippen molar-refractivity contribution < 1.29 is 0 Å². The lowest BCUT2D eigenvalue weighted by atomic mass is 9.87. The lowest BCUT2D eigenvalue weighted by molar-refractivity contribution is 0.0815.